The molecule has 0 atom stereocenters. The standard InChI is InChI=1S/C17H24N4O5/c1-13-12-14(2-3-15(13)21(24)25)26-11-5-17(23)20-9-7-19(8-10-20)16(22)4-6-18/h2-3,12H,4-11,18H2,1H3. The zero-order chi connectivity index (χ0) is 19.1. The van der Waals surface area contributed by atoms with Gasteiger partial charge >= 0.3 is 0 Å². The monoisotopic (exact) mass is 364 g/mol. The number of hydrogen-bond acceptors (Lipinski definition) is 6. The van der Waals surface area contributed by atoms with Crippen molar-refractivity contribution in [2.45, 2.75) is 19.8 Å². The van der Waals surface area contributed by atoms with Gasteiger partial charge in [-0.1, -0.05) is 0 Å². The zero-order valence-electron chi connectivity index (χ0n) is 14.8. The Balaban J connectivity index is 1.75. The fourth-order valence-corrected chi connectivity index (χ4v) is 2.82. The number of nitro benzene ring substituents is 1. The number of carbonyl (C=O) groups excluding carboxylic acids is 2. The largest absolute Gasteiger partial charge is 0.493 e. The number of nitrogens with zero attached hydrogens (tertiary/aromatic N) is 3. The van der Waals surface area contributed by atoms with Crippen molar-refractivity contribution in [2.24, 2.45) is 5.73 Å². The van der Waals surface area contributed by atoms with Crippen LogP contribution in [0.5, 0.6) is 5.75 Å². The molecule has 0 aliphatic carbocycles. The highest BCUT2D eigenvalue weighted by atomic mass is 16.6. The minimum atomic E-state index is -0.444. The molecule has 9 nitrogen and oxygen atoms in total. The molecule has 0 radical (unpaired) electrons. The fraction of sp³-hybridized carbons (Fsp3) is 0.529. The number of aryl methyl sites for hydroxylation is 1. The molecule has 1 aromatic rings. The number of rotatable bonds is 7. The minimum Gasteiger partial charge on any atom is -0.493 e. The molecule has 0 saturated carbocycles. The molecule has 1 aromatic carbocycles. The van der Waals surface area contributed by atoms with Crippen LogP contribution in [-0.4, -0.2) is 65.9 Å². The van der Waals surface area contributed by atoms with Gasteiger partial charge < -0.3 is 20.3 Å². The molecule has 0 spiro atoms. The van der Waals surface area contributed by atoms with E-state index in [0.29, 0.717) is 50.5 Å². The summed E-state index contributed by atoms with van der Waals surface area (Å²) in [4.78, 5) is 37.8. The lowest BCUT2D eigenvalue weighted by molar-refractivity contribution is -0.385. The third-order valence-corrected chi connectivity index (χ3v) is 4.29. The first-order valence-electron chi connectivity index (χ1n) is 8.56. The number of ether oxygens (including phenoxy) is 1. The molecule has 26 heavy (non-hydrogen) atoms. The second kappa shape index (κ2) is 9.14. The maximum absolute atomic E-state index is 12.2. The van der Waals surface area contributed by atoms with Crippen LogP contribution in [0.15, 0.2) is 18.2 Å². The predicted molar refractivity (Wildman–Crippen MR) is 94.8 cm³/mol. The van der Waals surface area contributed by atoms with Crippen LogP contribution in [0.1, 0.15) is 18.4 Å². The second-order valence-electron chi connectivity index (χ2n) is 6.10. The Morgan fingerprint density at radius 3 is 2.23 bits per heavy atom. The molecule has 0 aromatic heterocycles. The van der Waals surface area contributed by atoms with E-state index in [9.17, 15) is 19.7 Å². The van der Waals surface area contributed by atoms with E-state index in [1.54, 1.807) is 22.8 Å². The van der Waals surface area contributed by atoms with Gasteiger partial charge in [0.2, 0.25) is 11.8 Å². The van der Waals surface area contributed by atoms with Crippen molar-refractivity contribution in [2.75, 3.05) is 39.3 Å². The topological polar surface area (TPSA) is 119 Å². The smallest absolute Gasteiger partial charge is 0.272 e. The van der Waals surface area contributed by atoms with Crippen molar-refractivity contribution in [3.8, 4) is 5.75 Å². The van der Waals surface area contributed by atoms with Crippen LogP contribution in [0.4, 0.5) is 5.69 Å². The molecule has 1 fully saturated rings. The van der Waals surface area contributed by atoms with E-state index in [0.717, 1.165) is 0 Å². The van der Waals surface area contributed by atoms with E-state index in [-0.39, 0.29) is 30.5 Å². The molecule has 9 heteroatoms. The molecule has 142 valence electrons. The molecule has 0 bridgehead atoms. The van der Waals surface area contributed by atoms with Gasteiger partial charge in [-0.15, -0.1) is 0 Å². The number of nitro groups is 1. The van der Waals surface area contributed by atoms with Crippen molar-refractivity contribution < 1.29 is 19.2 Å². The molecule has 2 N–H and O–H groups in total. The van der Waals surface area contributed by atoms with Gasteiger partial charge in [0.15, 0.2) is 0 Å². The van der Waals surface area contributed by atoms with Crippen LogP contribution < -0.4 is 10.5 Å². The van der Waals surface area contributed by atoms with Crippen LogP contribution in [-0.2, 0) is 9.59 Å². The number of nitrogens with two attached hydrogens (primary N) is 1. The Morgan fingerprint density at radius 2 is 1.73 bits per heavy atom. The Labute approximate surface area is 151 Å². The SMILES string of the molecule is Cc1cc(OCCC(=O)N2CCN(C(=O)CCN)CC2)ccc1[N+](=O)[O-]. The minimum absolute atomic E-state index is 0.0245. The summed E-state index contributed by atoms with van der Waals surface area (Å²) in [6, 6.07) is 4.51. The van der Waals surface area contributed by atoms with E-state index in [4.69, 9.17) is 10.5 Å². The maximum Gasteiger partial charge on any atom is 0.272 e. The number of benzene rings is 1. The molecule has 1 aliphatic heterocycles. The maximum atomic E-state index is 12.2. The summed E-state index contributed by atoms with van der Waals surface area (Å²) in [5, 5.41) is 10.8. The van der Waals surface area contributed by atoms with Gasteiger partial charge in [0.05, 0.1) is 18.0 Å². The van der Waals surface area contributed by atoms with Crippen LogP contribution in [0.2, 0.25) is 0 Å². The van der Waals surface area contributed by atoms with Gasteiger partial charge in [0.25, 0.3) is 5.69 Å². The third-order valence-electron chi connectivity index (χ3n) is 4.29. The van der Waals surface area contributed by atoms with Crippen molar-refractivity contribution >= 4 is 17.5 Å². The number of piperazine rings is 1. The molecule has 0 unspecified atom stereocenters. The fourth-order valence-electron chi connectivity index (χ4n) is 2.82. The van der Waals surface area contributed by atoms with Crippen molar-refractivity contribution in [3.05, 3.63) is 33.9 Å². The van der Waals surface area contributed by atoms with Crippen LogP contribution in [0.25, 0.3) is 0 Å². The summed E-state index contributed by atoms with van der Waals surface area (Å²) >= 11 is 0. The third kappa shape index (κ3) is 5.16. The van der Waals surface area contributed by atoms with Gasteiger partial charge in [0.1, 0.15) is 5.75 Å². The van der Waals surface area contributed by atoms with Crippen molar-refractivity contribution in [1.82, 2.24) is 9.80 Å². The number of carbonyl (C=O) groups is 2. The van der Waals surface area contributed by atoms with E-state index in [2.05, 4.69) is 0 Å². The summed E-state index contributed by atoms with van der Waals surface area (Å²) in [6.45, 7) is 4.22. The first-order valence-corrected chi connectivity index (χ1v) is 8.56. The summed E-state index contributed by atoms with van der Waals surface area (Å²) in [7, 11) is 0. The number of hydrogen-bond donors (Lipinski definition) is 1. The lowest BCUT2D eigenvalue weighted by Crippen LogP contribution is -2.51. The zero-order valence-corrected chi connectivity index (χ0v) is 14.8. The van der Waals surface area contributed by atoms with Gasteiger partial charge in [-0.2, -0.15) is 0 Å². The quantitative estimate of drug-likeness (QED) is 0.562. The number of amides is 2. The highest BCUT2D eigenvalue weighted by molar-refractivity contribution is 5.78. The summed E-state index contributed by atoms with van der Waals surface area (Å²) < 4.78 is 5.53. The Hall–Kier alpha value is -2.68. The lowest BCUT2D eigenvalue weighted by Gasteiger charge is -2.34. The molecule has 1 aliphatic rings. The van der Waals surface area contributed by atoms with E-state index < -0.39 is 4.92 Å². The summed E-state index contributed by atoms with van der Waals surface area (Å²) in [5.74, 6) is 0.490. The van der Waals surface area contributed by atoms with Crippen molar-refractivity contribution in [3.63, 3.8) is 0 Å². The van der Waals surface area contributed by atoms with E-state index in [1.165, 1.54) is 12.1 Å². The molecule has 2 rings (SSSR count). The highest BCUT2D eigenvalue weighted by Crippen LogP contribution is 2.23. The predicted octanol–water partition coefficient (Wildman–Crippen LogP) is 0.692. The van der Waals surface area contributed by atoms with Crippen molar-refractivity contribution in [1.29, 1.82) is 0 Å². The first-order chi connectivity index (χ1) is 12.4. The Morgan fingerprint density at radius 1 is 1.15 bits per heavy atom. The molecule has 1 saturated heterocycles. The molecular formula is C17H24N4O5. The Bertz CT molecular complexity index is 671. The lowest BCUT2D eigenvalue weighted by atomic mass is 10.2. The second-order valence-corrected chi connectivity index (χ2v) is 6.10. The van der Waals surface area contributed by atoms with E-state index >= 15 is 0 Å². The first kappa shape index (κ1) is 19.6. The molecule has 1 heterocycles. The van der Waals surface area contributed by atoms with Gasteiger partial charge in [-0.3, -0.25) is 19.7 Å². The molecular weight excluding hydrogens is 340 g/mol. The summed E-state index contributed by atoms with van der Waals surface area (Å²) in [5.41, 5.74) is 5.94. The molecule has 2 amide bonds. The average molecular weight is 364 g/mol. The van der Waals surface area contributed by atoms with Crippen LogP contribution in [0, 0.1) is 17.0 Å². The average Bonchev–Trinajstić information content (AvgIpc) is 2.61. The van der Waals surface area contributed by atoms with Gasteiger partial charge in [0, 0.05) is 50.8 Å². The summed E-state index contributed by atoms with van der Waals surface area (Å²) in [6.07, 6.45) is 0.545. The van der Waals surface area contributed by atoms with Gasteiger partial charge in [-0.05, 0) is 19.1 Å². The van der Waals surface area contributed by atoms with Crippen LogP contribution in [0.3, 0.4) is 0 Å². The van der Waals surface area contributed by atoms with Gasteiger partial charge in [-0.25, -0.2) is 0 Å². The van der Waals surface area contributed by atoms with Crippen LogP contribution >= 0.6 is 0 Å². The van der Waals surface area contributed by atoms with E-state index in [1.807, 2.05) is 0 Å². The Kier molecular flexibility index (Phi) is 6.90. The normalized spacial score (nSPS) is 14.2. The highest BCUT2D eigenvalue weighted by Gasteiger charge is 2.23.